The molecule has 0 bridgehead atoms. The van der Waals surface area contributed by atoms with Gasteiger partial charge in [0.05, 0.1) is 0 Å². The van der Waals surface area contributed by atoms with Gasteiger partial charge in [-0.1, -0.05) is 61.4 Å². The molecule has 0 unspecified atom stereocenters. The van der Waals surface area contributed by atoms with Crippen molar-refractivity contribution in [3.05, 3.63) is 89.5 Å². The van der Waals surface area contributed by atoms with Gasteiger partial charge in [-0.05, 0) is 65.3 Å². The number of hydrogen-bond donors (Lipinski definition) is 1. The maximum atomic E-state index is 11.7. The zero-order valence-corrected chi connectivity index (χ0v) is 15.9. The van der Waals surface area contributed by atoms with E-state index in [0.717, 1.165) is 16.9 Å². The van der Waals surface area contributed by atoms with E-state index in [2.05, 4.69) is 24.3 Å². The first-order chi connectivity index (χ1) is 13.7. The van der Waals surface area contributed by atoms with Gasteiger partial charge in [0, 0.05) is 5.56 Å². The van der Waals surface area contributed by atoms with E-state index >= 15 is 0 Å². The van der Waals surface area contributed by atoms with Crippen LogP contribution in [-0.4, -0.2) is 5.91 Å². The molecule has 3 aromatic carbocycles. The number of benzene rings is 3. The van der Waals surface area contributed by atoms with Crippen molar-refractivity contribution in [2.75, 3.05) is 0 Å². The lowest BCUT2D eigenvalue weighted by Gasteiger charge is -2.17. The quantitative estimate of drug-likeness (QED) is 0.605. The molecular weight excluding hydrogens is 346 g/mol. The molecule has 1 fully saturated rings. The second kappa shape index (κ2) is 8.30. The van der Waals surface area contributed by atoms with E-state index < -0.39 is 0 Å². The molecule has 3 heteroatoms. The molecule has 1 amide bonds. The first-order valence-corrected chi connectivity index (χ1v) is 9.91. The Morgan fingerprint density at radius 2 is 1.64 bits per heavy atom. The molecule has 2 N–H and O–H groups in total. The first kappa shape index (κ1) is 18.3. The van der Waals surface area contributed by atoms with Crippen molar-refractivity contribution < 1.29 is 9.53 Å². The average molecular weight is 371 g/mol. The lowest BCUT2D eigenvalue weighted by Crippen LogP contribution is -2.12. The number of primary amides is 1. The zero-order chi connectivity index (χ0) is 19.3. The molecule has 1 aliphatic rings. The molecule has 0 radical (unpaired) electrons. The van der Waals surface area contributed by atoms with Crippen molar-refractivity contribution >= 4 is 5.91 Å². The predicted molar refractivity (Wildman–Crippen MR) is 112 cm³/mol. The highest BCUT2D eigenvalue weighted by Crippen LogP contribution is 2.40. The summed E-state index contributed by atoms with van der Waals surface area (Å²) >= 11 is 0. The first-order valence-electron chi connectivity index (χ1n) is 9.91. The van der Waals surface area contributed by atoms with Crippen molar-refractivity contribution in [3.8, 4) is 16.9 Å². The van der Waals surface area contributed by atoms with Crippen LogP contribution in [0, 0.1) is 0 Å². The van der Waals surface area contributed by atoms with Crippen LogP contribution in [0.25, 0.3) is 11.1 Å². The Balaban J connectivity index is 1.57. The summed E-state index contributed by atoms with van der Waals surface area (Å²) in [4.78, 5) is 11.7. The van der Waals surface area contributed by atoms with Crippen LogP contribution < -0.4 is 10.5 Å². The molecule has 3 aromatic rings. The number of hydrogen-bond acceptors (Lipinski definition) is 2. The minimum atomic E-state index is -0.365. The van der Waals surface area contributed by atoms with E-state index in [0.29, 0.717) is 18.1 Å². The molecule has 0 heterocycles. The molecule has 142 valence electrons. The van der Waals surface area contributed by atoms with Crippen LogP contribution in [0.5, 0.6) is 5.75 Å². The second-order valence-corrected chi connectivity index (χ2v) is 7.45. The highest BCUT2D eigenvalue weighted by Gasteiger charge is 2.21. The van der Waals surface area contributed by atoms with Crippen molar-refractivity contribution in [2.45, 2.75) is 38.2 Å². The fourth-order valence-electron chi connectivity index (χ4n) is 4.03. The van der Waals surface area contributed by atoms with Gasteiger partial charge < -0.3 is 10.5 Å². The normalized spacial score (nSPS) is 14.1. The topological polar surface area (TPSA) is 52.3 Å². The van der Waals surface area contributed by atoms with Gasteiger partial charge in [0.15, 0.2) is 0 Å². The molecule has 0 atom stereocenters. The van der Waals surface area contributed by atoms with E-state index in [9.17, 15) is 4.79 Å². The van der Waals surface area contributed by atoms with Crippen molar-refractivity contribution in [1.82, 2.24) is 0 Å². The number of nitrogens with two attached hydrogens (primary N) is 1. The van der Waals surface area contributed by atoms with Crippen molar-refractivity contribution in [2.24, 2.45) is 5.73 Å². The molecule has 0 saturated heterocycles. The highest BCUT2D eigenvalue weighted by atomic mass is 16.5. The molecule has 0 spiro atoms. The number of ether oxygens (including phenoxy) is 1. The number of amides is 1. The van der Waals surface area contributed by atoms with Gasteiger partial charge in [0.1, 0.15) is 12.4 Å². The predicted octanol–water partition coefficient (Wildman–Crippen LogP) is 5.69. The lowest BCUT2D eigenvalue weighted by molar-refractivity contribution is 0.1000. The molecule has 1 saturated carbocycles. The van der Waals surface area contributed by atoms with E-state index in [1.807, 2.05) is 48.5 Å². The van der Waals surface area contributed by atoms with Gasteiger partial charge in [-0.2, -0.15) is 0 Å². The molecule has 1 aliphatic carbocycles. The third-order valence-electron chi connectivity index (χ3n) is 5.54. The zero-order valence-electron chi connectivity index (χ0n) is 15.9. The molecular formula is C25H25NO2. The lowest BCUT2D eigenvalue weighted by atomic mass is 9.88. The van der Waals surface area contributed by atoms with Crippen LogP contribution >= 0.6 is 0 Å². The summed E-state index contributed by atoms with van der Waals surface area (Å²) < 4.78 is 5.90. The average Bonchev–Trinajstić information content (AvgIpc) is 3.28. The minimum Gasteiger partial charge on any atom is -0.489 e. The number of carbonyl (C=O) groups is 1. The van der Waals surface area contributed by atoms with Crippen molar-refractivity contribution in [1.29, 1.82) is 0 Å². The molecule has 0 aromatic heterocycles. The Bertz CT molecular complexity index is 942. The third-order valence-corrected chi connectivity index (χ3v) is 5.54. The fourth-order valence-corrected chi connectivity index (χ4v) is 4.03. The molecule has 28 heavy (non-hydrogen) atoms. The van der Waals surface area contributed by atoms with Gasteiger partial charge in [-0.15, -0.1) is 0 Å². The van der Waals surface area contributed by atoms with E-state index in [4.69, 9.17) is 10.5 Å². The van der Waals surface area contributed by atoms with Crippen LogP contribution in [-0.2, 0) is 6.61 Å². The van der Waals surface area contributed by atoms with Gasteiger partial charge in [-0.25, -0.2) is 0 Å². The van der Waals surface area contributed by atoms with Crippen molar-refractivity contribution in [3.63, 3.8) is 0 Å². The van der Waals surface area contributed by atoms with Gasteiger partial charge >= 0.3 is 0 Å². The Morgan fingerprint density at radius 1 is 0.929 bits per heavy atom. The smallest absolute Gasteiger partial charge is 0.248 e. The maximum absolute atomic E-state index is 11.7. The van der Waals surface area contributed by atoms with E-state index in [1.54, 1.807) is 0 Å². The fraction of sp³-hybridized carbons (Fsp3) is 0.240. The largest absolute Gasteiger partial charge is 0.489 e. The Morgan fingerprint density at radius 3 is 2.32 bits per heavy atom. The van der Waals surface area contributed by atoms with Crippen LogP contribution in [0.2, 0.25) is 0 Å². The minimum absolute atomic E-state index is 0.365. The van der Waals surface area contributed by atoms with Gasteiger partial charge in [-0.3, -0.25) is 4.79 Å². The summed E-state index contributed by atoms with van der Waals surface area (Å²) in [5.41, 5.74) is 10.8. The summed E-state index contributed by atoms with van der Waals surface area (Å²) in [7, 11) is 0. The van der Waals surface area contributed by atoms with Gasteiger partial charge in [0.2, 0.25) is 5.91 Å². The van der Waals surface area contributed by atoms with Gasteiger partial charge in [0.25, 0.3) is 0 Å². The second-order valence-electron chi connectivity index (χ2n) is 7.45. The molecule has 4 rings (SSSR count). The summed E-state index contributed by atoms with van der Waals surface area (Å²) in [6, 6.07) is 24.2. The highest BCUT2D eigenvalue weighted by molar-refractivity contribution is 5.94. The Kier molecular flexibility index (Phi) is 5.43. The van der Waals surface area contributed by atoms with Crippen LogP contribution in [0.4, 0.5) is 0 Å². The SMILES string of the molecule is NC(=O)c1ccc(-c2ccc(OCc3ccccc3)cc2)c(C2CCCC2)c1. The van der Waals surface area contributed by atoms with Crippen LogP contribution in [0.3, 0.4) is 0 Å². The van der Waals surface area contributed by atoms with E-state index in [1.165, 1.54) is 36.8 Å². The summed E-state index contributed by atoms with van der Waals surface area (Å²) in [5, 5.41) is 0. The maximum Gasteiger partial charge on any atom is 0.248 e. The number of rotatable bonds is 6. The summed E-state index contributed by atoms with van der Waals surface area (Å²) in [5.74, 6) is 0.988. The molecule has 0 aliphatic heterocycles. The molecule has 3 nitrogen and oxygen atoms in total. The monoisotopic (exact) mass is 371 g/mol. The third kappa shape index (κ3) is 4.09. The Hall–Kier alpha value is -3.07. The Labute approximate surface area is 166 Å². The van der Waals surface area contributed by atoms with Crippen LogP contribution in [0.15, 0.2) is 72.8 Å². The van der Waals surface area contributed by atoms with Crippen LogP contribution in [0.1, 0.15) is 53.1 Å². The standard InChI is InChI=1S/C25H25NO2/c26-25(27)21-12-15-23(24(16-21)19-8-4-5-9-19)20-10-13-22(14-11-20)28-17-18-6-2-1-3-7-18/h1-3,6-7,10-16,19H,4-5,8-9,17H2,(H2,26,27). The summed E-state index contributed by atoms with van der Waals surface area (Å²) in [6.07, 6.45) is 4.84. The van der Waals surface area contributed by atoms with E-state index in [-0.39, 0.29) is 5.91 Å². The number of carbonyl (C=O) groups excluding carboxylic acids is 1. The summed E-state index contributed by atoms with van der Waals surface area (Å²) in [6.45, 7) is 0.556.